The minimum Gasteiger partial charge on any atom is -0.381 e. The Kier molecular flexibility index (Phi) is 6.22. The molecule has 0 aliphatic heterocycles. The van der Waals surface area contributed by atoms with Gasteiger partial charge in [-0.1, -0.05) is 18.2 Å². The van der Waals surface area contributed by atoms with Crippen molar-refractivity contribution in [3.05, 3.63) is 70.0 Å². The van der Waals surface area contributed by atoms with E-state index in [1.807, 2.05) is 26.8 Å². The van der Waals surface area contributed by atoms with Crippen molar-refractivity contribution in [1.82, 2.24) is 10.6 Å². The van der Waals surface area contributed by atoms with E-state index < -0.39 is 5.82 Å². The van der Waals surface area contributed by atoms with E-state index in [0.717, 1.165) is 46.6 Å². The van der Waals surface area contributed by atoms with E-state index in [1.165, 1.54) is 12.1 Å². The second-order valence-electron chi connectivity index (χ2n) is 7.45. The molecule has 1 aromatic carbocycles. The minimum absolute atomic E-state index is 0.0442. The fraction of sp³-hybridized carbons (Fsp3) is 0.364. The van der Waals surface area contributed by atoms with Gasteiger partial charge in [0.05, 0.1) is 5.56 Å². The van der Waals surface area contributed by atoms with Crippen LogP contribution < -0.4 is 10.6 Å². The normalized spacial score (nSPS) is 15.1. The molecule has 1 aliphatic rings. The minimum atomic E-state index is -0.513. The molecule has 0 unspecified atom stereocenters. The Morgan fingerprint density at radius 3 is 2.48 bits per heavy atom. The van der Waals surface area contributed by atoms with Gasteiger partial charge in [-0.3, -0.25) is 0 Å². The maximum atomic E-state index is 13.8. The van der Waals surface area contributed by atoms with E-state index in [0.29, 0.717) is 6.54 Å². The van der Waals surface area contributed by atoms with Crippen molar-refractivity contribution in [2.45, 2.75) is 52.6 Å². The molecule has 5 heteroatoms. The molecule has 142 valence electrons. The molecule has 2 rings (SSSR count). The van der Waals surface area contributed by atoms with Gasteiger partial charge in [-0.25, -0.2) is 9.38 Å². The summed E-state index contributed by atoms with van der Waals surface area (Å²) in [5, 5.41) is 15.6. The van der Waals surface area contributed by atoms with Crippen LogP contribution in [0.15, 0.2) is 58.0 Å². The highest BCUT2D eigenvalue weighted by Crippen LogP contribution is 2.36. The number of nitriles is 1. The molecule has 0 amide bonds. The fourth-order valence-corrected chi connectivity index (χ4v) is 2.93. The van der Waals surface area contributed by atoms with Crippen LogP contribution in [-0.2, 0) is 6.54 Å². The Hall–Kier alpha value is -2.87. The van der Waals surface area contributed by atoms with Crippen molar-refractivity contribution in [2.75, 3.05) is 0 Å². The van der Waals surface area contributed by atoms with Crippen LogP contribution in [-0.4, -0.2) is 12.3 Å². The predicted molar refractivity (Wildman–Crippen MR) is 108 cm³/mol. The summed E-state index contributed by atoms with van der Waals surface area (Å²) in [5.74, 6) is 0.250. The van der Waals surface area contributed by atoms with Gasteiger partial charge in [0.25, 0.3) is 0 Å². The third kappa shape index (κ3) is 5.07. The van der Waals surface area contributed by atoms with Gasteiger partial charge in [-0.05, 0) is 65.0 Å². The van der Waals surface area contributed by atoms with Crippen molar-refractivity contribution in [3.8, 4) is 6.07 Å². The summed E-state index contributed by atoms with van der Waals surface area (Å²) < 4.78 is 13.8. The molecule has 0 spiro atoms. The Morgan fingerprint density at radius 1 is 1.33 bits per heavy atom. The topological polar surface area (TPSA) is 60.2 Å². The Morgan fingerprint density at radius 2 is 2.00 bits per heavy atom. The first-order valence-corrected chi connectivity index (χ1v) is 8.96. The maximum absolute atomic E-state index is 13.8. The van der Waals surface area contributed by atoms with Gasteiger partial charge in [-0.15, -0.1) is 0 Å². The van der Waals surface area contributed by atoms with Gasteiger partial charge >= 0.3 is 0 Å². The summed E-state index contributed by atoms with van der Waals surface area (Å²) in [6, 6.07) is 6.42. The second kappa shape index (κ2) is 8.22. The highest BCUT2D eigenvalue weighted by molar-refractivity contribution is 5.49. The molecule has 2 N–H and O–H groups in total. The Labute approximate surface area is 161 Å². The number of hydrogen-bond acceptors (Lipinski definition) is 4. The number of nitrogens with zero attached hydrogens (tertiary/aromatic N) is 2. The van der Waals surface area contributed by atoms with Crippen LogP contribution in [0, 0.1) is 17.1 Å². The lowest BCUT2D eigenvalue weighted by Crippen LogP contribution is -2.28. The van der Waals surface area contributed by atoms with Crippen molar-refractivity contribution < 1.29 is 4.39 Å². The van der Waals surface area contributed by atoms with Gasteiger partial charge in [0.2, 0.25) is 0 Å². The van der Waals surface area contributed by atoms with Crippen molar-refractivity contribution >= 4 is 6.72 Å². The first-order chi connectivity index (χ1) is 12.7. The number of halogens is 1. The molecule has 0 saturated heterocycles. The van der Waals surface area contributed by atoms with Crippen molar-refractivity contribution in [3.63, 3.8) is 0 Å². The monoisotopic (exact) mass is 366 g/mol. The summed E-state index contributed by atoms with van der Waals surface area (Å²) in [7, 11) is 0. The molecule has 0 aromatic heterocycles. The van der Waals surface area contributed by atoms with Gasteiger partial charge < -0.3 is 10.6 Å². The maximum Gasteiger partial charge on any atom is 0.141 e. The molecule has 1 aliphatic carbocycles. The number of benzene rings is 1. The van der Waals surface area contributed by atoms with E-state index >= 15 is 0 Å². The number of allylic oxidation sites excluding steroid dienone is 2. The summed E-state index contributed by atoms with van der Waals surface area (Å²) in [4.78, 5) is 4.18. The molecule has 1 fully saturated rings. The highest BCUT2D eigenvalue weighted by atomic mass is 19.1. The SMILES string of the molecule is C=N/C(NC1(C)CC1)=C(\C)C(C(=C)NCc1ccc(C#N)c(F)c1)=C(C)C. The quantitative estimate of drug-likeness (QED) is 0.517. The zero-order valence-corrected chi connectivity index (χ0v) is 16.5. The van der Waals surface area contributed by atoms with E-state index in [4.69, 9.17) is 5.26 Å². The highest BCUT2D eigenvalue weighted by Gasteiger charge is 2.38. The van der Waals surface area contributed by atoms with E-state index in [1.54, 1.807) is 6.07 Å². The molecule has 1 aromatic rings. The van der Waals surface area contributed by atoms with E-state index in [-0.39, 0.29) is 11.1 Å². The smallest absolute Gasteiger partial charge is 0.141 e. The van der Waals surface area contributed by atoms with Crippen LogP contribution in [0.2, 0.25) is 0 Å². The number of aliphatic imine (C=N–C) groups is 1. The zero-order valence-electron chi connectivity index (χ0n) is 16.5. The predicted octanol–water partition coefficient (Wildman–Crippen LogP) is 4.71. The lowest BCUT2D eigenvalue weighted by atomic mass is 9.99. The Balaban J connectivity index is 2.18. The molecule has 0 atom stereocenters. The first kappa shape index (κ1) is 20.4. The summed E-state index contributed by atoms with van der Waals surface area (Å²) in [5.41, 5.74) is 4.67. The number of nitrogens with one attached hydrogen (secondary N) is 2. The zero-order chi connectivity index (χ0) is 20.2. The molecular formula is C22H27FN4. The van der Waals surface area contributed by atoms with Crippen LogP contribution in [0.5, 0.6) is 0 Å². The first-order valence-electron chi connectivity index (χ1n) is 8.96. The van der Waals surface area contributed by atoms with Crippen LogP contribution in [0.3, 0.4) is 0 Å². The fourth-order valence-electron chi connectivity index (χ4n) is 2.93. The third-order valence-electron chi connectivity index (χ3n) is 4.77. The number of hydrogen-bond donors (Lipinski definition) is 2. The Bertz CT molecular complexity index is 863. The molecular weight excluding hydrogens is 339 g/mol. The van der Waals surface area contributed by atoms with Gasteiger partial charge in [0.15, 0.2) is 0 Å². The average Bonchev–Trinajstić information content (AvgIpc) is 3.35. The largest absolute Gasteiger partial charge is 0.381 e. The molecule has 0 radical (unpaired) electrons. The molecule has 0 heterocycles. The van der Waals surface area contributed by atoms with E-state index in [2.05, 4.69) is 35.8 Å². The second-order valence-corrected chi connectivity index (χ2v) is 7.45. The molecule has 27 heavy (non-hydrogen) atoms. The van der Waals surface area contributed by atoms with Crippen molar-refractivity contribution in [2.24, 2.45) is 4.99 Å². The van der Waals surface area contributed by atoms with Gasteiger partial charge in [0.1, 0.15) is 17.7 Å². The molecule has 4 nitrogen and oxygen atoms in total. The molecule has 0 bridgehead atoms. The summed E-state index contributed by atoms with van der Waals surface area (Å²) in [6.07, 6.45) is 2.24. The van der Waals surface area contributed by atoms with E-state index in [9.17, 15) is 4.39 Å². The van der Waals surface area contributed by atoms with Crippen LogP contribution >= 0.6 is 0 Å². The lowest BCUT2D eigenvalue weighted by Gasteiger charge is -2.21. The van der Waals surface area contributed by atoms with Crippen LogP contribution in [0.1, 0.15) is 51.7 Å². The molecule has 1 saturated carbocycles. The number of rotatable bonds is 8. The van der Waals surface area contributed by atoms with Gasteiger partial charge in [0, 0.05) is 28.9 Å². The average molecular weight is 366 g/mol. The van der Waals surface area contributed by atoms with Gasteiger partial charge in [-0.2, -0.15) is 5.26 Å². The standard InChI is InChI=1S/C22H27FN4/c1-14(2)20(15(3)21(25-6)27-22(5)9-10-22)16(4)26-13-17-7-8-18(12-24)19(23)11-17/h7-8,11,26-27H,4,6,9-10,13H2,1-3,5H3/b21-15-. The third-order valence-corrected chi connectivity index (χ3v) is 4.77. The van der Waals surface area contributed by atoms with Crippen molar-refractivity contribution in [1.29, 1.82) is 5.26 Å². The summed E-state index contributed by atoms with van der Waals surface area (Å²) in [6.45, 7) is 16.5. The van der Waals surface area contributed by atoms with Crippen LogP contribution in [0.25, 0.3) is 0 Å². The van der Waals surface area contributed by atoms with Crippen LogP contribution in [0.4, 0.5) is 4.39 Å². The lowest BCUT2D eigenvalue weighted by molar-refractivity contribution is 0.601. The summed E-state index contributed by atoms with van der Waals surface area (Å²) >= 11 is 0.